The fourth-order valence-electron chi connectivity index (χ4n) is 3.12. The largest absolute Gasteiger partial charge is 0.396 e. The van der Waals surface area contributed by atoms with Crippen molar-refractivity contribution in [2.45, 2.75) is 52.4 Å². The second-order valence-corrected chi connectivity index (χ2v) is 6.63. The van der Waals surface area contributed by atoms with Gasteiger partial charge in [-0.15, -0.1) is 0 Å². The van der Waals surface area contributed by atoms with Crippen molar-refractivity contribution in [2.24, 2.45) is 10.8 Å². The normalized spacial score (nSPS) is 24.1. The van der Waals surface area contributed by atoms with E-state index >= 15 is 0 Å². The monoisotopic (exact) mass is 253 g/mol. The van der Waals surface area contributed by atoms with Crippen LogP contribution in [0.15, 0.2) is 0 Å². The molecule has 1 spiro atoms. The number of aliphatic hydroxyl groups excluding tert-OH is 1. The van der Waals surface area contributed by atoms with E-state index in [0.29, 0.717) is 13.0 Å². The van der Waals surface area contributed by atoms with Crippen molar-refractivity contribution < 1.29 is 14.7 Å². The van der Waals surface area contributed by atoms with E-state index < -0.39 is 10.8 Å². The molecule has 0 bridgehead atoms. The van der Waals surface area contributed by atoms with Crippen LogP contribution in [0.2, 0.25) is 0 Å². The fourth-order valence-corrected chi connectivity index (χ4v) is 3.12. The Kier molecular flexibility index (Phi) is 3.49. The molecule has 1 saturated heterocycles. The third kappa shape index (κ3) is 2.30. The molecule has 2 amide bonds. The van der Waals surface area contributed by atoms with Crippen LogP contribution in [0, 0.1) is 10.8 Å². The number of likely N-dealkylation sites (tertiary alicyclic amines) is 1. The van der Waals surface area contributed by atoms with Crippen molar-refractivity contribution in [1.29, 1.82) is 0 Å². The summed E-state index contributed by atoms with van der Waals surface area (Å²) in [6.07, 6.45) is 5.37. The summed E-state index contributed by atoms with van der Waals surface area (Å²) in [6, 6.07) is 0. The molecular weight excluding hydrogens is 230 g/mol. The zero-order chi connectivity index (χ0) is 13.4. The maximum atomic E-state index is 12.5. The van der Waals surface area contributed by atoms with E-state index in [1.165, 1.54) is 11.3 Å². The SMILES string of the molecule is CC(C)(CO)CN1C(=O)CC2(CCCCC2)C1=O. The van der Waals surface area contributed by atoms with Crippen LogP contribution in [0.3, 0.4) is 0 Å². The summed E-state index contributed by atoms with van der Waals surface area (Å²) in [7, 11) is 0. The van der Waals surface area contributed by atoms with Gasteiger partial charge in [-0.25, -0.2) is 0 Å². The molecule has 0 aromatic heterocycles. The molecule has 0 atom stereocenters. The van der Waals surface area contributed by atoms with Crippen LogP contribution in [-0.4, -0.2) is 35.0 Å². The van der Waals surface area contributed by atoms with Gasteiger partial charge in [-0.05, 0) is 12.8 Å². The van der Waals surface area contributed by atoms with Crippen molar-refractivity contribution in [3.8, 4) is 0 Å². The van der Waals surface area contributed by atoms with Crippen LogP contribution in [0.25, 0.3) is 0 Å². The first-order valence-corrected chi connectivity index (χ1v) is 6.86. The first-order valence-electron chi connectivity index (χ1n) is 6.86. The zero-order valence-electron chi connectivity index (χ0n) is 11.4. The lowest BCUT2D eigenvalue weighted by Gasteiger charge is -2.32. The zero-order valence-corrected chi connectivity index (χ0v) is 11.4. The van der Waals surface area contributed by atoms with Crippen LogP contribution >= 0.6 is 0 Å². The van der Waals surface area contributed by atoms with Crippen LogP contribution in [-0.2, 0) is 9.59 Å². The van der Waals surface area contributed by atoms with E-state index in [0.717, 1.165) is 25.7 Å². The summed E-state index contributed by atoms with van der Waals surface area (Å²) in [5, 5.41) is 9.28. The van der Waals surface area contributed by atoms with Gasteiger partial charge in [0.15, 0.2) is 0 Å². The van der Waals surface area contributed by atoms with Gasteiger partial charge in [0.05, 0.1) is 5.41 Å². The van der Waals surface area contributed by atoms with Gasteiger partial charge in [-0.3, -0.25) is 14.5 Å². The highest BCUT2D eigenvalue weighted by Gasteiger charge is 2.52. The lowest BCUT2D eigenvalue weighted by Crippen LogP contribution is -2.42. The fraction of sp³-hybridized carbons (Fsp3) is 0.857. The van der Waals surface area contributed by atoms with Crippen LogP contribution in [0.5, 0.6) is 0 Å². The quantitative estimate of drug-likeness (QED) is 0.779. The van der Waals surface area contributed by atoms with E-state index in [-0.39, 0.29) is 18.4 Å². The van der Waals surface area contributed by atoms with E-state index in [9.17, 15) is 14.7 Å². The number of carbonyl (C=O) groups excluding carboxylic acids is 2. The molecule has 1 heterocycles. The van der Waals surface area contributed by atoms with Crippen molar-refractivity contribution in [3.05, 3.63) is 0 Å². The molecule has 1 N–H and O–H groups in total. The number of amides is 2. The standard InChI is InChI=1S/C14H23NO3/c1-13(2,10-16)9-15-11(17)8-14(12(15)18)6-4-3-5-7-14/h16H,3-10H2,1-2H3. The molecule has 0 aromatic carbocycles. The average Bonchev–Trinajstić information content (AvgIpc) is 2.55. The van der Waals surface area contributed by atoms with Crippen LogP contribution in [0.1, 0.15) is 52.4 Å². The third-order valence-electron chi connectivity index (χ3n) is 4.31. The Balaban J connectivity index is 2.14. The Morgan fingerprint density at radius 1 is 1.22 bits per heavy atom. The summed E-state index contributed by atoms with van der Waals surface area (Å²) < 4.78 is 0. The Morgan fingerprint density at radius 2 is 1.83 bits per heavy atom. The molecule has 1 aliphatic carbocycles. The summed E-state index contributed by atoms with van der Waals surface area (Å²) in [5.41, 5.74) is -0.813. The van der Waals surface area contributed by atoms with Crippen molar-refractivity contribution in [3.63, 3.8) is 0 Å². The molecule has 102 valence electrons. The summed E-state index contributed by atoms with van der Waals surface area (Å²) in [5.74, 6) is -0.0443. The predicted molar refractivity (Wildman–Crippen MR) is 67.7 cm³/mol. The van der Waals surface area contributed by atoms with E-state index in [1.54, 1.807) is 0 Å². The number of aliphatic hydroxyl groups is 1. The molecule has 2 aliphatic rings. The van der Waals surface area contributed by atoms with Crippen LogP contribution < -0.4 is 0 Å². The lowest BCUT2D eigenvalue weighted by atomic mass is 9.73. The van der Waals surface area contributed by atoms with Crippen molar-refractivity contribution >= 4 is 11.8 Å². The molecule has 0 radical (unpaired) electrons. The first-order chi connectivity index (χ1) is 8.40. The van der Waals surface area contributed by atoms with Gasteiger partial charge in [-0.2, -0.15) is 0 Å². The van der Waals surface area contributed by atoms with Gasteiger partial charge in [0, 0.05) is 25.0 Å². The summed E-state index contributed by atoms with van der Waals surface area (Å²) >= 11 is 0. The topological polar surface area (TPSA) is 57.6 Å². The molecule has 4 heteroatoms. The van der Waals surface area contributed by atoms with E-state index in [2.05, 4.69) is 0 Å². The number of nitrogens with zero attached hydrogens (tertiary/aromatic N) is 1. The molecule has 2 fully saturated rings. The third-order valence-corrected chi connectivity index (χ3v) is 4.31. The Bertz CT molecular complexity index is 356. The van der Waals surface area contributed by atoms with Gasteiger partial charge < -0.3 is 5.11 Å². The summed E-state index contributed by atoms with van der Waals surface area (Å²) in [6.45, 7) is 4.07. The molecule has 1 saturated carbocycles. The molecule has 18 heavy (non-hydrogen) atoms. The number of hydrogen-bond donors (Lipinski definition) is 1. The van der Waals surface area contributed by atoms with Crippen molar-refractivity contribution in [1.82, 2.24) is 4.90 Å². The maximum Gasteiger partial charge on any atom is 0.235 e. The molecule has 0 unspecified atom stereocenters. The average molecular weight is 253 g/mol. The molecule has 1 aliphatic heterocycles. The highest BCUT2D eigenvalue weighted by Crippen LogP contribution is 2.45. The molecule has 2 rings (SSSR count). The van der Waals surface area contributed by atoms with Crippen molar-refractivity contribution in [2.75, 3.05) is 13.2 Å². The maximum absolute atomic E-state index is 12.5. The second kappa shape index (κ2) is 4.65. The highest BCUT2D eigenvalue weighted by atomic mass is 16.3. The molecule has 4 nitrogen and oxygen atoms in total. The number of carbonyl (C=O) groups is 2. The molecule has 0 aromatic rings. The van der Waals surface area contributed by atoms with Gasteiger partial charge in [0.2, 0.25) is 11.8 Å². The first kappa shape index (κ1) is 13.5. The van der Waals surface area contributed by atoms with Gasteiger partial charge >= 0.3 is 0 Å². The van der Waals surface area contributed by atoms with E-state index in [4.69, 9.17) is 0 Å². The van der Waals surface area contributed by atoms with E-state index in [1.807, 2.05) is 13.8 Å². The molecular formula is C14H23NO3. The number of hydrogen-bond acceptors (Lipinski definition) is 3. The lowest BCUT2D eigenvalue weighted by molar-refractivity contribution is -0.144. The smallest absolute Gasteiger partial charge is 0.235 e. The Hall–Kier alpha value is -0.900. The minimum atomic E-state index is -0.411. The van der Waals surface area contributed by atoms with Gasteiger partial charge in [0.1, 0.15) is 0 Å². The van der Waals surface area contributed by atoms with Gasteiger partial charge in [0.25, 0.3) is 0 Å². The predicted octanol–water partition coefficient (Wildman–Crippen LogP) is 1.71. The Morgan fingerprint density at radius 3 is 2.39 bits per heavy atom. The number of rotatable bonds is 3. The van der Waals surface area contributed by atoms with Gasteiger partial charge in [-0.1, -0.05) is 33.1 Å². The Labute approximate surface area is 108 Å². The second-order valence-electron chi connectivity index (χ2n) is 6.63. The van der Waals surface area contributed by atoms with Crippen LogP contribution in [0.4, 0.5) is 0 Å². The minimum absolute atomic E-state index is 0.00808. The highest BCUT2D eigenvalue weighted by molar-refractivity contribution is 6.06. The summed E-state index contributed by atoms with van der Waals surface area (Å²) in [4.78, 5) is 26.0. The minimum Gasteiger partial charge on any atom is -0.396 e. The number of imide groups is 1.